The standard InChI is InChI=1S/C35H28O/c1-34(2,3)35(36,31-22-21-30-20-19-29-15-9-10-16-32(29)33(30)25-31)24-23-28-14-8-7-13-27(28)18-17-26-11-5-4-6-12-26/h4-16,19-22,25,36H,1-3H3. The van der Waals surface area contributed by atoms with Crippen LogP contribution >= 0.6 is 0 Å². The first kappa shape index (κ1) is 23.4. The van der Waals surface area contributed by atoms with Crippen molar-refractivity contribution in [2.24, 2.45) is 5.41 Å². The number of rotatable bonds is 1. The second kappa shape index (κ2) is 9.39. The van der Waals surface area contributed by atoms with Crippen molar-refractivity contribution >= 4 is 21.5 Å². The highest BCUT2D eigenvalue weighted by Crippen LogP contribution is 2.40. The molecule has 1 unspecified atom stereocenters. The second-order valence-corrected chi connectivity index (χ2v) is 10.1. The number of benzene rings is 5. The van der Waals surface area contributed by atoms with Crippen LogP contribution in [0, 0.1) is 29.1 Å². The average Bonchev–Trinajstić information content (AvgIpc) is 2.90. The number of hydrogen-bond donors (Lipinski definition) is 1. The van der Waals surface area contributed by atoms with Gasteiger partial charge in [0.1, 0.15) is 0 Å². The molecule has 1 nitrogen and oxygen atoms in total. The maximum absolute atomic E-state index is 12.1. The van der Waals surface area contributed by atoms with E-state index in [4.69, 9.17) is 0 Å². The average molecular weight is 465 g/mol. The molecule has 36 heavy (non-hydrogen) atoms. The molecular weight excluding hydrogens is 436 g/mol. The van der Waals surface area contributed by atoms with Gasteiger partial charge < -0.3 is 5.11 Å². The first-order valence-corrected chi connectivity index (χ1v) is 12.2. The molecule has 0 saturated heterocycles. The van der Waals surface area contributed by atoms with Crippen LogP contribution in [-0.2, 0) is 5.60 Å². The molecule has 0 aliphatic carbocycles. The minimum absolute atomic E-state index is 0.525. The summed E-state index contributed by atoms with van der Waals surface area (Å²) >= 11 is 0. The molecule has 1 heteroatoms. The Morgan fingerprint density at radius 3 is 1.86 bits per heavy atom. The molecule has 5 aromatic rings. The molecule has 0 saturated carbocycles. The topological polar surface area (TPSA) is 20.2 Å². The van der Waals surface area contributed by atoms with Crippen molar-refractivity contribution in [3.63, 3.8) is 0 Å². The predicted octanol–water partition coefficient (Wildman–Crippen LogP) is 7.68. The van der Waals surface area contributed by atoms with Crippen LogP contribution in [-0.4, -0.2) is 5.11 Å². The van der Waals surface area contributed by atoms with Crippen molar-refractivity contribution < 1.29 is 5.11 Å². The third-order valence-electron chi connectivity index (χ3n) is 6.67. The monoisotopic (exact) mass is 464 g/mol. The van der Waals surface area contributed by atoms with Crippen molar-refractivity contribution in [3.05, 3.63) is 131 Å². The Morgan fingerprint density at radius 2 is 1.14 bits per heavy atom. The number of hydrogen-bond acceptors (Lipinski definition) is 1. The quantitative estimate of drug-likeness (QED) is 0.199. The summed E-state index contributed by atoms with van der Waals surface area (Å²) < 4.78 is 0. The summed E-state index contributed by atoms with van der Waals surface area (Å²) in [6, 6.07) is 36.5. The van der Waals surface area contributed by atoms with E-state index in [1.54, 1.807) is 0 Å². The van der Waals surface area contributed by atoms with E-state index in [0.29, 0.717) is 0 Å². The normalized spacial score (nSPS) is 12.8. The van der Waals surface area contributed by atoms with Crippen molar-refractivity contribution in [1.29, 1.82) is 0 Å². The van der Waals surface area contributed by atoms with Crippen LogP contribution in [0.3, 0.4) is 0 Å². The Morgan fingerprint density at radius 1 is 0.556 bits per heavy atom. The van der Waals surface area contributed by atoms with E-state index in [0.717, 1.165) is 33.0 Å². The van der Waals surface area contributed by atoms with E-state index in [-0.39, 0.29) is 0 Å². The third-order valence-corrected chi connectivity index (χ3v) is 6.67. The fourth-order valence-corrected chi connectivity index (χ4v) is 4.44. The molecule has 0 aromatic heterocycles. The molecule has 5 aromatic carbocycles. The highest BCUT2D eigenvalue weighted by molar-refractivity contribution is 6.07. The van der Waals surface area contributed by atoms with Crippen LogP contribution in [0.5, 0.6) is 0 Å². The smallest absolute Gasteiger partial charge is 0.156 e. The number of aliphatic hydroxyl groups is 1. The molecule has 0 fully saturated rings. The molecule has 0 radical (unpaired) electrons. The lowest BCUT2D eigenvalue weighted by Crippen LogP contribution is -2.38. The van der Waals surface area contributed by atoms with Gasteiger partial charge in [-0.05, 0) is 57.4 Å². The van der Waals surface area contributed by atoms with Crippen LogP contribution in [0.4, 0.5) is 0 Å². The van der Waals surface area contributed by atoms with E-state index < -0.39 is 11.0 Å². The summed E-state index contributed by atoms with van der Waals surface area (Å²) in [7, 11) is 0. The molecule has 5 rings (SSSR count). The zero-order valence-corrected chi connectivity index (χ0v) is 20.8. The second-order valence-electron chi connectivity index (χ2n) is 10.1. The van der Waals surface area contributed by atoms with Gasteiger partial charge in [-0.3, -0.25) is 0 Å². The van der Waals surface area contributed by atoms with Gasteiger partial charge in [0.2, 0.25) is 0 Å². The van der Waals surface area contributed by atoms with Crippen LogP contribution < -0.4 is 0 Å². The third kappa shape index (κ3) is 4.50. The van der Waals surface area contributed by atoms with Gasteiger partial charge >= 0.3 is 0 Å². The Labute approximate surface area is 213 Å². The minimum atomic E-state index is -1.36. The Hall–Kier alpha value is -4.30. The van der Waals surface area contributed by atoms with Gasteiger partial charge in [0, 0.05) is 22.1 Å². The summed E-state index contributed by atoms with van der Waals surface area (Å²) in [5.41, 5.74) is 1.50. The van der Waals surface area contributed by atoms with E-state index in [1.165, 1.54) is 10.8 Å². The van der Waals surface area contributed by atoms with E-state index in [1.807, 2.05) is 87.5 Å². The summed E-state index contributed by atoms with van der Waals surface area (Å²) in [5, 5.41) is 16.7. The molecule has 0 aliphatic heterocycles. The highest BCUT2D eigenvalue weighted by atomic mass is 16.3. The fraction of sp³-hybridized carbons (Fsp3) is 0.143. The summed E-state index contributed by atoms with van der Waals surface area (Å²) in [5.74, 6) is 13.0. The molecule has 0 bridgehead atoms. The molecule has 1 atom stereocenters. The first-order valence-electron chi connectivity index (χ1n) is 12.2. The van der Waals surface area contributed by atoms with Crippen LogP contribution in [0.15, 0.2) is 109 Å². The Balaban J connectivity index is 1.62. The molecular formula is C35H28O. The SMILES string of the molecule is CC(C)(C)C(O)(C#Cc1ccccc1C#Cc1ccccc1)c1ccc2ccc3ccccc3c2c1. The predicted molar refractivity (Wildman–Crippen MR) is 151 cm³/mol. The van der Waals surface area contributed by atoms with Gasteiger partial charge in [-0.15, -0.1) is 0 Å². The lowest BCUT2D eigenvalue weighted by molar-refractivity contribution is -0.00889. The zero-order chi connectivity index (χ0) is 25.2. The maximum Gasteiger partial charge on any atom is 0.156 e. The molecule has 1 N–H and O–H groups in total. The van der Waals surface area contributed by atoms with Crippen molar-refractivity contribution in [3.8, 4) is 23.7 Å². The molecule has 0 spiro atoms. The van der Waals surface area contributed by atoms with Crippen molar-refractivity contribution in [1.82, 2.24) is 0 Å². The van der Waals surface area contributed by atoms with E-state index in [2.05, 4.69) is 66.1 Å². The fourth-order valence-electron chi connectivity index (χ4n) is 4.44. The van der Waals surface area contributed by atoms with E-state index in [9.17, 15) is 5.11 Å². The van der Waals surface area contributed by atoms with Crippen LogP contribution in [0.1, 0.15) is 43.0 Å². The van der Waals surface area contributed by atoms with Gasteiger partial charge in [0.05, 0.1) is 0 Å². The lowest BCUT2D eigenvalue weighted by Gasteiger charge is -2.36. The summed E-state index contributed by atoms with van der Waals surface area (Å²) in [4.78, 5) is 0. The van der Waals surface area contributed by atoms with Gasteiger partial charge in [-0.1, -0.05) is 123 Å². The molecule has 0 amide bonds. The van der Waals surface area contributed by atoms with Gasteiger partial charge in [0.15, 0.2) is 5.60 Å². The lowest BCUT2D eigenvalue weighted by atomic mass is 9.72. The summed E-state index contributed by atoms with van der Waals surface area (Å²) in [6.07, 6.45) is 0. The van der Waals surface area contributed by atoms with Gasteiger partial charge in [-0.2, -0.15) is 0 Å². The highest BCUT2D eigenvalue weighted by Gasteiger charge is 2.40. The van der Waals surface area contributed by atoms with Gasteiger partial charge in [0.25, 0.3) is 0 Å². The summed E-state index contributed by atoms with van der Waals surface area (Å²) in [6.45, 7) is 6.07. The minimum Gasteiger partial charge on any atom is -0.373 e. The molecule has 174 valence electrons. The largest absolute Gasteiger partial charge is 0.373 e. The van der Waals surface area contributed by atoms with Gasteiger partial charge in [-0.25, -0.2) is 0 Å². The van der Waals surface area contributed by atoms with Crippen molar-refractivity contribution in [2.75, 3.05) is 0 Å². The number of fused-ring (bicyclic) bond motifs is 3. The Bertz CT molecular complexity index is 1680. The first-order chi connectivity index (χ1) is 17.3. The van der Waals surface area contributed by atoms with Crippen LogP contribution in [0.2, 0.25) is 0 Å². The van der Waals surface area contributed by atoms with Crippen LogP contribution in [0.25, 0.3) is 21.5 Å². The molecule has 0 heterocycles. The zero-order valence-electron chi connectivity index (χ0n) is 20.8. The maximum atomic E-state index is 12.1. The van der Waals surface area contributed by atoms with Crippen molar-refractivity contribution in [2.45, 2.75) is 26.4 Å². The molecule has 0 aliphatic rings. The van der Waals surface area contributed by atoms with E-state index >= 15 is 0 Å². The Kier molecular flexibility index (Phi) is 6.12.